The quantitative estimate of drug-likeness (QED) is 0.268. The average molecular weight is 259 g/mol. The molecule has 0 unspecified atom stereocenters. The predicted molar refractivity (Wildman–Crippen MR) is 72.5 cm³/mol. The minimum atomic E-state index is -1.56. The molecule has 0 aromatic heterocycles. The van der Waals surface area contributed by atoms with Gasteiger partial charge in [0, 0.05) is 0 Å². The first kappa shape index (κ1) is 17.4. The number of unbranched alkanes of at least 4 members (excludes halogenated alkanes) is 1. The topological polar surface area (TPSA) is 122 Å². The number of hydrogen-bond acceptors (Lipinski definition) is 5. The standard InChI is InChI=1S/C11H26BN3O3/c1-8(2)7-10(12(17)18)15-11(16)9(14)5-3-4-6-13/h8-10,17-18H,3-7,13-14H2,1-2H3,(H,15,16)/t9-,10-/m0/s1. The summed E-state index contributed by atoms with van der Waals surface area (Å²) in [5.74, 6) is -0.755. The lowest BCUT2D eigenvalue weighted by molar-refractivity contribution is -0.123. The van der Waals surface area contributed by atoms with E-state index < -0.39 is 19.1 Å². The van der Waals surface area contributed by atoms with Crippen LogP contribution in [0.4, 0.5) is 0 Å². The van der Waals surface area contributed by atoms with Crippen LogP contribution in [0, 0.1) is 5.92 Å². The Morgan fingerprint density at radius 1 is 1.33 bits per heavy atom. The highest BCUT2D eigenvalue weighted by Gasteiger charge is 2.27. The maximum absolute atomic E-state index is 11.7. The monoisotopic (exact) mass is 259 g/mol. The first-order chi connectivity index (χ1) is 8.38. The van der Waals surface area contributed by atoms with Crippen LogP contribution in [0.5, 0.6) is 0 Å². The van der Waals surface area contributed by atoms with E-state index in [1.165, 1.54) is 0 Å². The molecule has 7 heteroatoms. The summed E-state index contributed by atoms with van der Waals surface area (Å²) in [4.78, 5) is 11.7. The van der Waals surface area contributed by atoms with E-state index in [2.05, 4.69) is 5.32 Å². The lowest BCUT2D eigenvalue weighted by atomic mass is 9.75. The smallest absolute Gasteiger partial charge is 0.426 e. The van der Waals surface area contributed by atoms with Crippen molar-refractivity contribution in [2.75, 3.05) is 6.54 Å². The van der Waals surface area contributed by atoms with Gasteiger partial charge in [-0.05, 0) is 31.7 Å². The summed E-state index contributed by atoms with van der Waals surface area (Å²) in [7, 11) is -1.56. The second kappa shape index (κ2) is 9.32. The van der Waals surface area contributed by atoms with Gasteiger partial charge in [-0.25, -0.2) is 0 Å². The van der Waals surface area contributed by atoms with E-state index in [1.807, 2.05) is 13.8 Å². The third-order valence-corrected chi connectivity index (χ3v) is 2.72. The van der Waals surface area contributed by atoms with Gasteiger partial charge >= 0.3 is 7.12 Å². The average Bonchev–Trinajstić information content (AvgIpc) is 2.27. The lowest BCUT2D eigenvalue weighted by Crippen LogP contribution is -2.52. The van der Waals surface area contributed by atoms with E-state index in [-0.39, 0.29) is 11.8 Å². The number of rotatable bonds is 9. The van der Waals surface area contributed by atoms with Gasteiger partial charge in [0.05, 0.1) is 12.0 Å². The summed E-state index contributed by atoms with van der Waals surface area (Å²) >= 11 is 0. The molecule has 0 aliphatic heterocycles. The molecule has 0 spiro atoms. The van der Waals surface area contributed by atoms with Crippen molar-refractivity contribution in [3.05, 3.63) is 0 Å². The SMILES string of the molecule is CC(C)C[C@H](NC(=O)[C@@H](N)CCCCN)B(O)O. The molecule has 1 amide bonds. The lowest BCUT2D eigenvalue weighted by Gasteiger charge is -2.21. The summed E-state index contributed by atoms with van der Waals surface area (Å²) in [5, 5.41) is 21.0. The minimum Gasteiger partial charge on any atom is -0.426 e. The molecule has 18 heavy (non-hydrogen) atoms. The molecule has 0 rings (SSSR count). The molecule has 7 N–H and O–H groups in total. The normalized spacial score (nSPS) is 14.4. The maximum atomic E-state index is 11.7. The molecule has 106 valence electrons. The summed E-state index contributed by atoms with van der Waals surface area (Å²) in [6.07, 6.45) is 2.68. The third kappa shape index (κ3) is 7.65. The largest absolute Gasteiger partial charge is 0.475 e. The van der Waals surface area contributed by atoms with Crippen LogP contribution in [0.1, 0.15) is 39.5 Å². The minimum absolute atomic E-state index is 0.255. The van der Waals surface area contributed by atoms with Crippen LogP contribution in [0.15, 0.2) is 0 Å². The van der Waals surface area contributed by atoms with Crippen LogP contribution in [0.25, 0.3) is 0 Å². The van der Waals surface area contributed by atoms with E-state index in [4.69, 9.17) is 11.5 Å². The van der Waals surface area contributed by atoms with Crippen LogP contribution in [-0.4, -0.2) is 41.6 Å². The fraction of sp³-hybridized carbons (Fsp3) is 0.909. The molecule has 0 saturated heterocycles. The van der Waals surface area contributed by atoms with Crippen molar-refractivity contribution in [2.24, 2.45) is 17.4 Å². The van der Waals surface area contributed by atoms with E-state index in [9.17, 15) is 14.8 Å². The molecule has 0 bridgehead atoms. The number of carbonyl (C=O) groups is 1. The van der Waals surface area contributed by atoms with Gasteiger partial charge in [-0.1, -0.05) is 20.3 Å². The van der Waals surface area contributed by atoms with E-state index >= 15 is 0 Å². The van der Waals surface area contributed by atoms with Crippen LogP contribution < -0.4 is 16.8 Å². The highest BCUT2D eigenvalue weighted by atomic mass is 16.4. The van der Waals surface area contributed by atoms with Crippen molar-refractivity contribution in [3.8, 4) is 0 Å². The zero-order chi connectivity index (χ0) is 14.1. The van der Waals surface area contributed by atoms with Crippen molar-refractivity contribution < 1.29 is 14.8 Å². The Hall–Kier alpha value is -0.625. The number of amides is 1. The zero-order valence-electron chi connectivity index (χ0n) is 11.3. The number of carbonyl (C=O) groups excluding carboxylic acids is 1. The first-order valence-corrected chi connectivity index (χ1v) is 6.50. The van der Waals surface area contributed by atoms with Gasteiger partial charge in [-0.15, -0.1) is 0 Å². The van der Waals surface area contributed by atoms with Crippen molar-refractivity contribution in [2.45, 2.75) is 51.5 Å². The second-order valence-corrected chi connectivity index (χ2v) is 5.05. The number of nitrogens with two attached hydrogens (primary N) is 2. The molecule has 0 radical (unpaired) electrons. The Labute approximate surface area is 109 Å². The van der Waals surface area contributed by atoms with Gasteiger partial charge < -0.3 is 26.8 Å². The van der Waals surface area contributed by atoms with Crippen LogP contribution in [0.3, 0.4) is 0 Å². The Balaban J connectivity index is 4.15. The van der Waals surface area contributed by atoms with Gasteiger partial charge in [0.2, 0.25) is 5.91 Å². The number of hydrogen-bond donors (Lipinski definition) is 5. The molecular formula is C11H26BN3O3. The maximum Gasteiger partial charge on any atom is 0.475 e. The molecule has 0 aliphatic carbocycles. The summed E-state index contributed by atoms with van der Waals surface area (Å²) in [5.41, 5.74) is 11.1. The summed E-state index contributed by atoms with van der Waals surface area (Å²) in [6, 6.07) is -0.620. The molecule has 6 nitrogen and oxygen atoms in total. The van der Waals surface area contributed by atoms with Gasteiger partial charge in [0.15, 0.2) is 0 Å². The Morgan fingerprint density at radius 3 is 2.39 bits per heavy atom. The van der Waals surface area contributed by atoms with Crippen molar-refractivity contribution >= 4 is 13.0 Å². The first-order valence-electron chi connectivity index (χ1n) is 6.50. The Morgan fingerprint density at radius 2 is 1.94 bits per heavy atom. The van der Waals surface area contributed by atoms with Crippen molar-refractivity contribution in [3.63, 3.8) is 0 Å². The van der Waals surface area contributed by atoms with E-state index in [0.29, 0.717) is 19.4 Å². The van der Waals surface area contributed by atoms with E-state index in [0.717, 1.165) is 12.8 Å². The highest BCUT2D eigenvalue weighted by molar-refractivity contribution is 6.43. The second-order valence-electron chi connectivity index (χ2n) is 5.05. The van der Waals surface area contributed by atoms with Crippen LogP contribution in [-0.2, 0) is 4.79 Å². The molecule has 0 saturated carbocycles. The van der Waals surface area contributed by atoms with Crippen LogP contribution >= 0.6 is 0 Å². The molecule has 2 atom stereocenters. The van der Waals surface area contributed by atoms with Gasteiger partial charge in [0.1, 0.15) is 0 Å². The fourth-order valence-electron chi connectivity index (χ4n) is 1.69. The molecule has 0 aromatic carbocycles. The Kier molecular flexibility index (Phi) is 9.00. The van der Waals surface area contributed by atoms with Gasteiger partial charge in [-0.2, -0.15) is 0 Å². The third-order valence-electron chi connectivity index (χ3n) is 2.72. The molecule has 0 aromatic rings. The molecular weight excluding hydrogens is 233 g/mol. The zero-order valence-corrected chi connectivity index (χ0v) is 11.3. The van der Waals surface area contributed by atoms with Crippen LogP contribution in [0.2, 0.25) is 0 Å². The van der Waals surface area contributed by atoms with Crippen molar-refractivity contribution in [1.29, 1.82) is 0 Å². The summed E-state index contributed by atoms with van der Waals surface area (Å²) < 4.78 is 0. The molecule has 0 aliphatic rings. The molecule has 0 fully saturated rings. The molecule has 0 heterocycles. The summed E-state index contributed by atoms with van der Waals surface area (Å²) in [6.45, 7) is 4.48. The van der Waals surface area contributed by atoms with Gasteiger partial charge in [-0.3, -0.25) is 4.79 Å². The van der Waals surface area contributed by atoms with Crippen molar-refractivity contribution in [1.82, 2.24) is 5.32 Å². The predicted octanol–water partition coefficient (Wildman–Crippen LogP) is -1.01. The van der Waals surface area contributed by atoms with E-state index in [1.54, 1.807) is 0 Å². The highest BCUT2D eigenvalue weighted by Crippen LogP contribution is 2.06. The fourth-order valence-corrected chi connectivity index (χ4v) is 1.69. The number of nitrogens with one attached hydrogen (secondary N) is 1. The Bertz CT molecular complexity index is 240. The van der Waals surface area contributed by atoms with Gasteiger partial charge in [0.25, 0.3) is 0 Å².